The van der Waals surface area contributed by atoms with E-state index in [9.17, 15) is 4.79 Å². The Morgan fingerprint density at radius 1 is 1.05 bits per heavy atom. The minimum absolute atomic E-state index is 0.0634. The van der Waals surface area contributed by atoms with Crippen molar-refractivity contribution in [3.8, 4) is 0 Å². The van der Waals surface area contributed by atoms with Crippen molar-refractivity contribution in [2.75, 3.05) is 32.7 Å². The quantitative estimate of drug-likeness (QED) is 0.702. The van der Waals surface area contributed by atoms with Crippen LogP contribution in [0.5, 0.6) is 0 Å². The lowest BCUT2D eigenvalue weighted by molar-refractivity contribution is -0.129. The summed E-state index contributed by atoms with van der Waals surface area (Å²) in [6.07, 6.45) is 9.82. The van der Waals surface area contributed by atoms with Gasteiger partial charge in [0.2, 0.25) is 5.91 Å². The molecule has 21 heavy (non-hydrogen) atoms. The van der Waals surface area contributed by atoms with Crippen molar-refractivity contribution in [3.05, 3.63) is 12.2 Å². The summed E-state index contributed by atoms with van der Waals surface area (Å²) in [5.74, 6) is -0.0493. The van der Waals surface area contributed by atoms with Gasteiger partial charge in [-0.25, -0.2) is 0 Å². The second-order valence-electron chi connectivity index (χ2n) is 7.07. The van der Waals surface area contributed by atoms with E-state index < -0.39 is 0 Å². The first-order valence-electron chi connectivity index (χ1n) is 8.42. The highest BCUT2D eigenvalue weighted by molar-refractivity contribution is 5.77. The molecule has 5 heteroatoms. The summed E-state index contributed by atoms with van der Waals surface area (Å²) in [6, 6.07) is 1.27. The first-order valence-corrected chi connectivity index (χ1v) is 8.42. The Kier molecular flexibility index (Phi) is 3.52. The largest absolute Gasteiger partial charge is 0.369 e. The standard InChI is InChI=1S/C16H26N4O/c17-16(21)12-4-5-14-10-18-8-6-13-3-1-2-7-20(13)15(18)11-19(14)9-12/h1,3,12-15H,2,4-11H2,(H2,17,21). The van der Waals surface area contributed by atoms with Crippen LogP contribution < -0.4 is 5.73 Å². The molecule has 4 aliphatic heterocycles. The van der Waals surface area contributed by atoms with E-state index in [-0.39, 0.29) is 11.8 Å². The number of amides is 1. The van der Waals surface area contributed by atoms with Crippen molar-refractivity contribution in [2.24, 2.45) is 11.7 Å². The number of fused-ring (bicyclic) bond motifs is 4. The highest BCUT2D eigenvalue weighted by atomic mass is 16.1. The SMILES string of the molecule is NC(=O)C1CCC2CN3CCC4C=CCCN4C3CN2C1. The topological polar surface area (TPSA) is 52.8 Å². The molecule has 3 saturated heterocycles. The molecule has 2 N–H and O–H groups in total. The van der Waals surface area contributed by atoms with Crippen LogP contribution in [0.3, 0.4) is 0 Å². The number of piperidine rings is 1. The van der Waals surface area contributed by atoms with E-state index in [0.717, 1.165) is 25.9 Å². The van der Waals surface area contributed by atoms with Crippen LogP contribution in [0.4, 0.5) is 0 Å². The normalized spacial score (nSPS) is 41.1. The van der Waals surface area contributed by atoms with Gasteiger partial charge in [-0.15, -0.1) is 0 Å². The summed E-state index contributed by atoms with van der Waals surface area (Å²) in [5, 5.41) is 0. The molecule has 0 aromatic rings. The number of hydrogen-bond donors (Lipinski definition) is 1. The van der Waals surface area contributed by atoms with Crippen LogP contribution in [0.2, 0.25) is 0 Å². The average Bonchev–Trinajstić information content (AvgIpc) is 2.52. The molecular weight excluding hydrogens is 264 g/mol. The molecule has 4 aliphatic rings. The first-order chi connectivity index (χ1) is 10.2. The fraction of sp³-hybridized carbons (Fsp3) is 0.812. The lowest BCUT2D eigenvalue weighted by atomic mass is 9.88. The van der Waals surface area contributed by atoms with Crippen LogP contribution in [0.1, 0.15) is 25.7 Å². The van der Waals surface area contributed by atoms with Gasteiger partial charge in [0.05, 0.1) is 12.1 Å². The van der Waals surface area contributed by atoms with Crippen LogP contribution in [-0.2, 0) is 4.79 Å². The Balaban J connectivity index is 1.50. The molecule has 1 amide bonds. The molecule has 0 bridgehead atoms. The lowest BCUT2D eigenvalue weighted by Crippen LogP contribution is -2.69. The molecule has 0 aliphatic carbocycles. The van der Waals surface area contributed by atoms with Crippen LogP contribution in [0, 0.1) is 5.92 Å². The van der Waals surface area contributed by atoms with Gasteiger partial charge in [0.15, 0.2) is 0 Å². The molecule has 3 fully saturated rings. The summed E-state index contributed by atoms with van der Waals surface area (Å²) in [7, 11) is 0. The fourth-order valence-corrected chi connectivity index (χ4v) is 4.72. The molecule has 5 nitrogen and oxygen atoms in total. The van der Waals surface area contributed by atoms with Gasteiger partial charge in [-0.3, -0.25) is 19.5 Å². The van der Waals surface area contributed by atoms with E-state index in [1.54, 1.807) is 0 Å². The highest BCUT2D eigenvalue weighted by Gasteiger charge is 2.44. The third kappa shape index (κ3) is 2.41. The molecule has 116 valence electrons. The smallest absolute Gasteiger partial charge is 0.221 e. The number of nitrogens with zero attached hydrogens (tertiary/aromatic N) is 3. The van der Waals surface area contributed by atoms with Gasteiger partial charge in [0.1, 0.15) is 0 Å². The molecule has 4 atom stereocenters. The predicted octanol–water partition coefficient (Wildman–Crippen LogP) is 0.228. The van der Waals surface area contributed by atoms with E-state index in [4.69, 9.17) is 5.73 Å². The fourth-order valence-electron chi connectivity index (χ4n) is 4.72. The molecule has 0 saturated carbocycles. The molecule has 0 spiro atoms. The number of hydrogen-bond acceptors (Lipinski definition) is 4. The van der Waals surface area contributed by atoms with Crippen molar-refractivity contribution in [1.29, 1.82) is 0 Å². The van der Waals surface area contributed by atoms with E-state index in [2.05, 4.69) is 26.9 Å². The Morgan fingerprint density at radius 3 is 2.81 bits per heavy atom. The Labute approximate surface area is 126 Å². The highest BCUT2D eigenvalue weighted by Crippen LogP contribution is 2.32. The van der Waals surface area contributed by atoms with Gasteiger partial charge >= 0.3 is 0 Å². The van der Waals surface area contributed by atoms with Gasteiger partial charge < -0.3 is 5.73 Å². The van der Waals surface area contributed by atoms with Gasteiger partial charge in [0, 0.05) is 44.8 Å². The Hall–Kier alpha value is -0.910. The number of nitrogens with two attached hydrogens (primary N) is 1. The summed E-state index contributed by atoms with van der Waals surface area (Å²) in [5.41, 5.74) is 5.53. The zero-order chi connectivity index (χ0) is 14.4. The number of rotatable bonds is 1. The third-order valence-electron chi connectivity index (χ3n) is 5.92. The Morgan fingerprint density at radius 2 is 1.95 bits per heavy atom. The van der Waals surface area contributed by atoms with Gasteiger partial charge in [-0.1, -0.05) is 12.2 Å². The van der Waals surface area contributed by atoms with Crippen LogP contribution in [0.15, 0.2) is 12.2 Å². The van der Waals surface area contributed by atoms with Gasteiger partial charge in [0.25, 0.3) is 0 Å². The summed E-state index contributed by atoms with van der Waals surface area (Å²) in [6.45, 7) is 5.53. The van der Waals surface area contributed by atoms with Crippen LogP contribution >= 0.6 is 0 Å². The molecule has 4 heterocycles. The molecule has 0 aromatic carbocycles. The minimum Gasteiger partial charge on any atom is -0.369 e. The van der Waals surface area contributed by atoms with Gasteiger partial charge in [-0.2, -0.15) is 0 Å². The van der Waals surface area contributed by atoms with Crippen molar-refractivity contribution in [3.63, 3.8) is 0 Å². The number of primary amides is 1. The maximum absolute atomic E-state index is 11.5. The second kappa shape index (κ2) is 5.38. The average molecular weight is 290 g/mol. The molecule has 0 aromatic heterocycles. The van der Waals surface area contributed by atoms with E-state index in [1.807, 2.05) is 0 Å². The lowest BCUT2D eigenvalue weighted by Gasteiger charge is -2.56. The second-order valence-corrected chi connectivity index (χ2v) is 7.07. The van der Waals surface area contributed by atoms with Crippen molar-refractivity contribution in [1.82, 2.24) is 14.7 Å². The first kappa shape index (κ1) is 13.7. The maximum Gasteiger partial charge on any atom is 0.221 e. The zero-order valence-corrected chi connectivity index (χ0v) is 12.7. The minimum atomic E-state index is -0.113. The van der Waals surface area contributed by atoms with E-state index in [0.29, 0.717) is 18.2 Å². The number of carbonyl (C=O) groups excluding carboxylic acids is 1. The van der Waals surface area contributed by atoms with Crippen molar-refractivity contribution in [2.45, 2.75) is 43.9 Å². The monoisotopic (exact) mass is 290 g/mol. The van der Waals surface area contributed by atoms with E-state index in [1.165, 1.54) is 32.5 Å². The van der Waals surface area contributed by atoms with Crippen molar-refractivity contribution >= 4 is 5.91 Å². The number of piperazine rings is 1. The van der Waals surface area contributed by atoms with Crippen LogP contribution in [-0.4, -0.2) is 71.6 Å². The zero-order valence-electron chi connectivity index (χ0n) is 12.7. The molecule has 0 radical (unpaired) electrons. The molecule has 4 rings (SSSR count). The molecule has 4 unspecified atom stereocenters. The van der Waals surface area contributed by atoms with E-state index >= 15 is 0 Å². The predicted molar refractivity (Wildman–Crippen MR) is 81.5 cm³/mol. The van der Waals surface area contributed by atoms with Crippen LogP contribution in [0.25, 0.3) is 0 Å². The molecular formula is C16H26N4O. The summed E-state index contributed by atoms with van der Waals surface area (Å²) >= 11 is 0. The maximum atomic E-state index is 11.5. The Bertz CT molecular complexity index is 452. The third-order valence-corrected chi connectivity index (χ3v) is 5.92. The number of carbonyl (C=O) groups is 1. The van der Waals surface area contributed by atoms with Crippen molar-refractivity contribution < 1.29 is 4.79 Å². The summed E-state index contributed by atoms with van der Waals surface area (Å²) < 4.78 is 0. The van der Waals surface area contributed by atoms with Gasteiger partial charge in [-0.05, 0) is 25.7 Å². The summed E-state index contributed by atoms with van der Waals surface area (Å²) in [4.78, 5) is 19.4.